The Hall–Kier alpha value is -9.40. The first-order chi connectivity index (χ1) is 40.7. The van der Waals surface area contributed by atoms with E-state index in [9.17, 15) is 48.6 Å². The van der Waals surface area contributed by atoms with Gasteiger partial charge in [0, 0.05) is 94.6 Å². The molecule has 0 aliphatic heterocycles. The number of nitrogens with zero attached hydrogens (tertiary/aromatic N) is 6. The highest BCUT2D eigenvalue weighted by molar-refractivity contribution is 6.31. The minimum absolute atomic E-state index is 0.0200. The average molecular weight is 1200 g/mol. The summed E-state index contributed by atoms with van der Waals surface area (Å²) in [5, 5.41) is 37.4. The summed E-state index contributed by atoms with van der Waals surface area (Å²) in [4.78, 5) is 99.4. The molecule has 0 spiro atoms. The molecular weight excluding hydrogens is 1130 g/mol. The number of pyridine rings is 2. The third kappa shape index (κ3) is 15.2. The largest absolute Gasteiger partial charge is 0.495 e. The van der Waals surface area contributed by atoms with Crippen molar-refractivity contribution in [3.05, 3.63) is 204 Å². The van der Waals surface area contributed by atoms with Gasteiger partial charge in [-0.25, -0.2) is 14.4 Å². The van der Waals surface area contributed by atoms with Crippen LogP contribution in [0.25, 0.3) is 22.3 Å². The van der Waals surface area contributed by atoms with Gasteiger partial charge in [-0.05, 0) is 127 Å². The number of hydrogen-bond donors (Lipinski definition) is 4. The molecule has 4 aromatic carbocycles. The number of methoxy groups -OCH3 is 2. The first kappa shape index (κ1) is 61.7. The fraction of sp³-hybridized carbons (Fsp3) is 0.270. The maximum atomic E-state index is 13.8. The number of benzene rings is 4. The molecule has 0 radical (unpaired) electrons. The van der Waals surface area contributed by atoms with Crippen molar-refractivity contribution in [3.63, 3.8) is 0 Å². The molecule has 0 amide bonds. The number of nitrogens with two attached hydrogens (primary N) is 1. The van der Waals surface area contributed by atoms with Gasteiger partial charge in [0.25, 0.3) is 11.1 Å². The van der Waals surface area contributed by atoms with Crippen molar-refractivity contribution >= 4 is 64.1 Å². The first-order valence-corrected chi connectivity index (χ1v) is 28.0. The molecule has 2 unspecified atom stereocenters. The molecule has 0 bridgehead atoms. The van der Waals surface area contributed by atoms with Gasteiger partial charge >= 0.3 is 17.9 Å². The van der Waals surface area contributed by atoms with Gasteiger partial charge in [0.15, 0.2) is 17.3 Å². The van der Waals surface area contributed by atoms with Crippen LogP contribution in [0.5, 0.6) is 11.5 Å². The lowest BCUT2D eigenvalue weighted by Gasteiger charge is -2.21. The van der Waals surface area contributed by atoms with Crippen LogP contribution in [0.4, 0.5) is 5.69 Å². The number of aromatic nitrogens is 6. The normalized spacial score (nSPS) is 13.2. The summed E-state index contributed by atoms with van der Waals surface area (Å²) < 4.78 is 17.4. The second-order valence-electron chi connectivity index (χ2n) is 20.3. The van der Waals surface area contributed by atoms with E-state index in [0.29, 0.717) is 83.9 Å². The number of carboxylic acid groups (broad SMARTS) is 3. The summed E-state index contributed by atoms with van der Waals surface area (Å²) in [7, 11) is 2.88. The lowest BCUT2D eigenvalue weighted by atomic mass is 9.95. The van der Waals surface area contributed by atoms with Gasteiger partial charge in [0.05, 0.1) is 61.2 Å². The van der Waals surface area contributed by atoms with Crippen LogP contribution < -0.4 is 26.3 Å². The fourth-order valence-electron chi connectivity index (χ4n) is 9.47. The maximum Gasteiger partial charge on any atom is 0.335 e. The summed E-state index contributed by atoms with van der Waals surface area (Å²) in [5.74, 6) is -3.05. The zero-order chi connectivity index (χ0) is 61.2. The number of hydrogen-bond acceptors (Lipinski definition) is 13. The van der Waals surface area contributed by atoms with Crippen LogP contribution in [0, 0.1) is 0 Å². The van der Waals surface area contributed by atoms with Crippen molar-refractivity contribution in [2.24, 2.45) is 0 Å². The Morgan fingerprint density at radius 1 is 0.576 bits per heavy atom. The molecule has 85 heavy (non-hydrogen) atoms. The standard InChI is InChI=1S/C32H30ClN3O6.C24H24ClN3O5.C7H7NO2/c1-3-28(37)24-11-8-21(33)15-25(24)26-17-31(39)35(18-30(26)42-2)27(16-22-12-13-36(34-22)23-9-10-23)29(38)14-19-4-6-20(7-5-19)32(40)41;1-3-21(29)17-7-4-14(25)10-18(17)19-12-23(30)27(13-22(19)33-2)20(24(31)32)11-15-8-9-28(26-15)16-5-6-16;8-6-3-1-5(2-4-6)7(9)10/h4-8,11-13,15,17-18,23,27H,3,9-10,14,16H2,1-2H3,(H,40,41);4,7-10,12-13,16,20H,3,5-6,11H2,1-2H3,(H,31,32);1-4H,8H2,(H,9,10). The third-order valence-electron chi connectivity index (χ3n) is 14.4. The molecule has 440 valence electrons. The molecule has 0 saturated heterocycles. The molecule has 8 aromatic rings. The smallest absolute Gasteiger partial charge is 0.335 e. The second-order valence-corrected chi connectivity index (χ2v) is 21.2. The number of ketones is 3. The van der Waals surface area contributed by atoms with Crippen molar-refractivity contribution in [1.82, 2.24) is 28.7 Å². The van der Waals surface area contributed by atoms with E-state index in [0.717, 1.165) is 30.3 Å². The molecule has 2 fully saturated rings. The van der Waals surface area contributed by atoms with E-state index < -0.39 is 41.1 Å². The quantitative estimate of drug-likeness (QED) is 0.0362. The average Bonchev–Trinajstić information content (AvgIpc) is 2.75. The number of ether oxygens (including phenoxy) is 2. The molecule has 4 aromatic heterocycles. The van der Waals surface area contributed by atoms with Crippen LogP contribution >= 0.6 is 23.2 Å². The van der Waals surface area contributed by atoms with Crippen LogP contribution in [0.1, 0.15) is 135 Å². The number of aliphatic carboxylic acids is 1. The Bertz CT molecular complexity index is 3930. The lowest BCUT2D eigenvalue weighted by Crippen LogP contribution is -2.32. The summed E-state index contributed by atoms with van der Waals surface area (Å²) in [5.41, 5.74) is 9.72. The number of carbonyl (C=O) groups is 6. The van der Waals surface area contributed by atoms with Crippen LogP contribution in [-0.4, -0.2) is 93.5 Å². The van der Waals surface area contributed by atoms with Gasteiger partial charge < -0.3 is 35.1 Å². The molecule has 2 aliphatic rings. The number of anilines is 1. The summed E-state index contributed by atoms with van der Waals surface area (Å²) >= 11 is 12.4. The Labute approximate surface area is 497 Å². The Kier molecular flexibility index (Phi) is 19.8. The molecule has 5 N–H and O–H groups in total. The van der Waals surface area contributed by atoms with E-state index in [-0.39, 0.29) is 66.3 Å². The maximum absolute atomic E-state index is 13.8. The van der Waals surface area contributed by atoms with Crippen molar-refractivity contribution in [3.8, 4) is 33.8 Å². The number of Topliss-reactive ketones (excluding diaryl/α,β-unsaturated/α-hetero) is 3. The van der Waals surface area contributed by atoms with E-state index in [4.69, 9.17) is 43.5 Å². The SMILES string of the molecule is CCC(=O)c1ccc(Cl)cc1-c1cc(=O)n(C(Cc2ccn(C3CC3)n2)C(=O)Cc2ccc(C(=O)O)cc2)cc1OC.CCC(=O)c1ccc(Cl)cc1-c1cc(=O)n(C(Cc2ccn(C3CC3)n2)C(=O)O)cc1OC.Nc1ccc(C(=O)O)cc1. The highest BCUT2D eigenvalue weighted by Crippen LogP contribution is 2.38. The molecular formula is C63H61Cl2N7O13. The zero-order valence-corrected chi connectivity index (χ0v) is 48.3. The van der Waals surface area contributed by atoms with Crippen LogP contribution in [-0.2, 0) is 28.9 Å². The van der Waals surface area contributed by atoms with Crippen molar-refractivity contribution in [1.29, 1.82) is 0 Å². The van der Waals surface area contributed by atoms with E-state index in [1.165, 1.54) is 67.6 Å². The van der Waals surface area contributed by atoms with Gasteiger partial charge in [-0.3, -0.25) is 37.9 Å². The minimum atomic E-state index is -1.17. The third-order valence-corrected chi connectivity index (χ3v) is 14.8. The van der Waals surface area contributed by atoms with Gasteiger partial charge in [-0.2, -0.15) is 10.2 Å². The summed E-state index contributed by atoms with van der Waals surface area (Å²) in [6, 6.07) is 26.8. The number of carboxylic acids is 3. The van der Waals surface area contributed by atoms with E-state index >= 15 is 0 Å². The summed E-state index contributed by atoms with van der Waals surface area (Å²) in [6.07, 6.45) is 11.6. The zero-order valence-electron chi connectivity index (χ0n) is 46.8. The number of rotatable bonds is 22. The Morgan fingerprint density at radius 2 is 0.988 bits per heavy atom. The highest BCUT2D eigenvalue weighted by atomic mass is 35.5. The van der Waals surface area contributed by atoms with E-state index in [2.05, 4.69) is 10.2 Å². The lowest BCUT2D eigenvalue weighted by molar-refractivity contribution is -0.141. The second kappa shape index (κ2) is 27.3. The predicted octanol–water partition coefficient (Wildman–Crippen LogP) is 10.7. The van der Waals surface area contributed by atoms with Crippen LogP contribution in [0.3, 0.4) is 0 Å². The minimum Gasteiger partial charge on any atom is -0.495 e. The van der Waals surface area contributed by atoms with E-state index in [1.807, 2.05) is 27.8 Å². The number of nitrogen functional groups attached to an aromatic ring is 1. The highest BCUT2D eigenvalue weighted by Gasteiger charge is 2.30. The summed E-state index contributed by atoms with van der Waals surface area (Å²) in [6.45, 7) is 3.50. The first-order valence-electron chi connectivity index (χ1n) is 27.2. The van der Waals surface area contributed by atoms with Crippen molar-refractivity contribution < 1.29 is 53.6 Å². The number of halogens is 2. The van der Waals surface area contributed by atoms with Crippen molar-refractivity contribution in [2.75, 3.05) is 20.0 Å². The Balaban J connectivity index is 0.000000194. The fourth-order valence-corrected chi connectivity index (χ4v) is 9.82. The van der Waals surface area contributed by atoms with Gasteiger partial charge in [-0.15, -0.1) is 0 Å². The predicted molar refractivity (Wildman–Crippen MR) is 319 cm³/mol. The molecule has 4 heterocycles. The van der Waals surface area contributed by atoms with Gasteiger partial charge in [0.2, 0.25) is 0 Å². The van der Waals surface area contributed by atoms with Gasteiger partial charge in [-0.1, -0.05) is 49.2 Å². The van der Waals surface area contributed by atoms with Crippen LogP contribution in [0.15, 0.2) is 144 Å². The number of carbonyl (C=O) groups excluding carboxylic acids is 3. The molecule has 2 saturated carbocycles. The van der Waals surface area contributed by atoms with Crippen LogP contribution in [0.2, 0.25) is 10.0 Å². The number of aromatic carboxylic acids is 2. The molecule has 2 atom stereocenters. The molecule has 22 heteroatoms. The van der Waals surface area contributed by atoms with Gasteiger partial charge in [0.1, 0.15) is 23.6 Å². The molecule has 10 rings (SSSR count). The molecule has 2 aliphatic carbocycles. The Morgan fingerprint density at radius 3 is 1.38 bits per heavy atom. The monoisotopic (exact) mass is 1190 g/mol. The topological polar surface area (TPSA) is 287 Å². The van der Waals surface area contributed by atoms with Crippen molar-refractivity contribution in [2.45, 2.75) is 95.8 Å². The molecule has 20 nitrogen and oxygen atoms in total. The van der Waals surface area contributed by atoms with E-state index in [1.54, 1.807) is 80.6 Å².